The van der Waals surface area contributed by atoms with Crippen LogP contribution in [0.15, 0.2) is 80.1 Å². The van der Waals surface area contributed by atoms with Crippen LogP contribution in [0.25, 0.3) is 0 Å². The fourth-order valence-electron chi connectivity index (χ4n) is 2.87. The number of nitrogens with zero attached hydrogens (tertiary/aromatic N) is 2. The highest BCUT2D eigenvalue weighted by molar-refractivity contribution is 5.23. The van der Waals surface area contributed by atoms with E-state index in [0.29, 0.717) is 5.92 Å². The quantitative estimate of drug-likeness (QED) is 0.621. The predicted octanol–water partition coefficient (Wildman–Crippen LogP) is 5.32. The highest BCUT2D eigenvalue weighted by atomic mass is 16.5. The van der Waals surface area contributed by atoms with Gasteiger partial charge in [-0.2, -0.15) is 0 Å². The van der Waals surface area contributed by atoms with Crippen LogP contribution in [-0.4, -0.2) is 36.6 Å². The number of rotatable bonds is 7. The van der Waals surface area contributed by atoms with Crippen molar-refractivity contribution in [3.05, 3.63) is 85.8 Å². The van der Waals surface area contributed by atoms with Crippen LogP contribution in [0.5, 0.6) is 5.75 Å². The summed E-state index contributed by atoms with van der Waals surface area (Å²) in [6.45, 7) is 16.3. The van der Waals surface area contributed by atoms with Crippen molar-refractivity contribution in [1.82, 2.24) is 9.88 Å². The van der Waals surface area contributed by atoms with E-state index in [2.05, 4.69) is 35.7 Å². The fraction of sp³-hybridized carbons (Fsp3) is 0.348. The van der Waals surface area contributed by atoms with E-state index in [1.165, 1.54) is 12.8 Å². The highest BCUT2D eigenvalue weighted by Crippen LogP contribution is 2.26. The van der Waals surface area contributed by atoms with E-state index in [0.717, 1.165) is 36.7 Å². The van der Waals surface area contributed by atoms with Gasteiger partial charge in [0.2, 0.25) is 0 Å². The molecular weight excluding hydrogens is 320 g/mol. The maximum Gasteiger partial charge on any atom is 0.137 e. The number of hydrogen-bond donors (Lipinski definition) is 0. The van der Waals surface area contributed by atoms with E-state index >= 15 is 0 Å². The molecule has 1 unspecified atom stereocenters. The number of hydrogen-bond acceptors (Lipinski definition) is 3. The molecule has 1 saturated heterocycles. The maximum atomic E-state index is 5.17. The minimum absolute atomic E-state index is 0.501. The van der Waals surface area contributed by atoms with Crippen LogP contribution >= 0.6 is 0 Å². The summed E-state index contributed by atoms with van der Waals surface area (Å²) in [4.78, 5) is 6.99. The monoisotopic (exact) mass is 352 g/mol. The second-order valence-electron chi connectivity index (χ2n) is 6.21. The smallest absolute Gasteiger partial charge is 0.137 e. The zero-order valence-corrected chi connectivity index (χ0v) is 16.2. The Labute approximate surface area is 159 Å². The zero-order chi connectivity index (χ0) is 19.2. The van der Waals surface area contributed by atoms with Gasteiger partial charge in [0.05, 0.1) is 13.3 Å². The first-order valence-corrected chi connectivity index (χ1v) is 9.07. The molecule has 2 heterocycles. The summed E-state index contributed by atoms with van der Waals surface area (Å²) < 4.78 is 5.17. The SMILES string of the molecule is C=C/C=C\C.C=C/C=C\C(=C)CN1CCCC(c2ccc(OC)cn2)C1. The highest BCUT2D eigenvalue weighted by Gasteiger charge is 2.22. The van der Waals surface area contributed by atoms with Crippen LogP contribution < -0.4 is 4.74 Å². The molecule has 0 saturated carbocycles. The van der Waals surface area contributed by atoms with Crippen LogP contribution in [0.4, 0.5) is 0 Å². The predicted molar refractivity (Wildman–Crippen MR) is 113 cm³/mol. The molecule has 0 radical (unpaired) electrons. The Morgan fingerprint density at radius 3 is 2.62 bits per heavy atom. The normalized spacial score (nSPS) is 17.5. The second-order valence-corrected chi connectivity index (χ2v) is 6.21. The third-order valence-electron chi connectivity index (χ3n) is 4.14. The van der Waals surface area contributed by atoms with Crippen molar-refractivity contribution in [2.75, 3.05) is 26.7 Å². The number of allylic oxidation sites excluding steroid dienone is 5. The van der Waals surface area contributed by atoms with Crippen molar-refractivity contribution in [2.45, 2.75) is 25.7 Å². The summed E-state index contributed by atoms with van der Waals surface area (Å²) in [6.07, 6.45) is 15.5. The molecular formula is C23H32N2O. The first kappa shape index (κ1) is 21.7. The number of likely N-dealkylation sites (tertiary alicyclic amines) is 1. The molecule has 3 heteroatoms. The molecule has 1 atom stereocenters. The fourth-order valence-corrected chi connectivity index (χ4v) is 2.87. The topological polar surface area (TPSA) is 25.4 Å². The van der Waals surface area contributed by atoms with E-state index in [1.54, 1.807) is 25.5 Å². The van der Waals surface area contributed by atoms with Crippen LogP contribution in [0.3, 0.4) is 0 Å². The Balaban J connectivity index is 0.000000597. The van der Waals surface area contributed by atoms with E-state index in [4.69, 9.17) is 4.74 Å². The summed E-state index contributed by atoms with van der Waals surface area (Å²) >= 11 is 0. The Morgan fingerprint density at radius 2 is 2.08 bits per heavy atom. The lowest BCUT2D eigenvalue weighted by Gasteiger charge is -2.32. The molecule has 0 amide bonds. The summed E-state index contributed by atoms with van der Waals surface area (Å²) in [6, 6.07) is 4.08. The number of ether oxygens (including phenoxy) is 1. The minimum Gasteiger partial charge on any atom is -0.495 e. The third-order valence-corrected chi connectivity index (χ3v) is 4.14. The molecule has 2 rings (SSSR count). The van der Waals surface area contributed by atoms with Gasteiger partial charge >= 0.3 is 0 Å². The van der Waals surface area contributed by atoms with Gasteiger partial charge in [0.25, 0.3) is 0 Å². The summed E-state index contributed by atoms with van der Waals surface area (Å²) in [5.41, 5.74) is 2.28. The lowest BCUT2D eigenvalue weighted by Crippen LogP contribution is -2.35. The summed E-state index contributed by atoms with van der Waals surface area (Å²) in [5.74, 6) is 1.31. The lowest BCUT2D eigenvalue weighted by molar-refractivity contribution is 0.223. The van der Waals surface area contributed by atoms with E-state index in [1.807, 2.05) is 37.3 Å². The Morgan fingerprint density at radius 1 is 1.31 bits per heavy atom. The first-order chi connectivity index (χ1) is 12.6. The van der Waals surface area contributed by atoms with Gasteiger partial charge in [-0.1, -0.05) is 56.2 Å². The molecule has 1 aromatic rings. The van der Waals surface area contributed by atoms with Crippen molar-refractivity contribution >= 4 is 0 Å². The molecule has 140 valence electrons. The molecule has 0 spiro atoms. The van der Waals surface area contributed by atoms with Crippen molar-refractivity contribution in [3.8, 4) is 5.75 Å². The molecule has 1 aliphatic rings. The average Bonchev–Trinajstić information content (AvgIpc) is 2.68. The molecule has 1 aromatic heterocycles. The van der Waals surface area contributed by atoms with E-state index in [9.17, 15) is 0 Å². The molecule has 1 aliphatic heterocycles. The Kier molecular flexibility index (Phi) is 10.7. The van der Waals surface area contributed by atoms with Gasteiger partial charge in [0.1, 0.15) is 5.75 Å². The first-order valence-electron chi connectivity index (χ1n) is 9.07. The zero-order valence-electron chi connectivity index (χ0n) is 16.2. The van der Waals surface area contributed by atoms with Crippen molar-refractivity contribution in [1.29, 1.82) is 0 Å². The van der Waals surface area contributed by atoms with Gasteiger partial charge in [-0.15, -0.1) is 0 Å². The minimum atomic E-state index is 0.501. The molecule has 26 heavy (non-hydrogen) atoms. The lowest BCUT2D eigenvalue weighted by atomic mass is 9.94. The van der Waals surface area contributed by atoms with E-state index < -0.39 is 0 Å². The molecule has 0 bridgehead atoms. The van der Waals surface area contributed by atoms with Crippen LogP contribution in [0, 0.1) is 0 Å². The number of piperidine rings is 1. The standard InChI is InChI=1S/C18H24N2O.C5H8/c1-4-5-7-15(2)13-20-11-6-8-16(14-20)18-10-9-17(21-3)12-19-18;1-3-5-4-2/h4-5,7,9-10,12,16H,1-2,6,8,11,13-14H2,3H3;3-5H,1H2,2H3/b7-5-;5-4-. The molecule has 0 aliphatic carbocycles. The van der Waals surface area contributed by atoms with Crippen LogP contribution in [0.1, 0.15) is 31.4 Å². The van der Waals surface area contributed by atoms with Crippen LogP contribution in [-0.2, 0) is 0 Å². The van der Waals surface area contributed by atoms with Crippen molar-refractivity contribution in [3.63, 3.8) is 0 Å². The average molecular weight is 353 g/mol. The van der Waals surface area contributed by atoms with Gasteiger partial charge in [-0.25, -0.2) is 0 Å². The van der Waals surface area contributed by atoms with Gasteiger partial charge in [0.15, 0.2) is 0 Å². The summed E-state index contributed by atoms with van der Waals surface area (Å²) in [5, 5.41) is 0. The molecule has 3 nitrogen and oxygen atoms in total. The number of pyridine rings is 1. The molecule has 0 aromatic carbocycles. The van der Waals surface area contributed by atoms with Crippen molar-refractivity contribution < 1.29 is 4.74 Å². The largest absolute Gasteiger partial charge is 0.495 e. The van der Waals surface area contributed by atoms with Gasteiger partial charge in [-0.3, -0.25) is 9.88 Å². The summed E-state index contributed by atoms with van der Waals surface area (Å²) in [7, 11) is 1.67. The Bertz CT molecular complexity index is 614. The molecule has 1 fully saturated rings. The number of aromatic nitrogens is 1. The maximum absolute atomic E-state index is 5.17. The van der Waals surface area contributed by atoms with Gasteiger partial charge in [0, 0.05) is 24.7 Å². The molecule has 0 N–H and O–H groups in total. The second kappa shape index (κ2) is 12.9. The Hall–Kier alpha value is -2.39. The van der Waals surface area contributed by atoms with Crippen LogP contribution in [0.2, 0.25) is 0 Å². The third kappa shape index (κ3) is 8.13. The van der Waals surface area contributed by atoms with Crippen molar-refractivity contribution in [2.24, 2.45) is 0 Å². The van der Waals surface area contributed by atoms with Gasteiger partial charge < -0.3 is 4.74 Å². The van der Waals surface area contributed by atoms with E-state index in [-0.39, 0.29) is 0 Å². The number of methoxy groups -OCH3 is 1. The van der Waals surface area contributed by atoms with Gasteiger partial charge in [-0.05, 0) is 44.0 Å².